The van der Waals surface area contributed by atoms with Gasteiger partial charge >= 0.3 is 11.9 Å². The lowest BCUT2D eigenvalue weighted by Gasteiger charge is -2.51. The molecule has 7 atom stereocenters. The van der Waals surface area contributed by atoms with Crippen LogP contribution in [0.4, 0.5) is 0 Å². The first-order valence-electron chi connectivity index (χ1n) is 17.2. The van der Waals surface area contributed by atoms with E-state index in [-0.39, 0.29) is 32.9 Å². The Morgan fingerprint density at radius 2 is 1.10 bits per heavy atom. The highest BCUT2D eigenvalue weighted by Gasteiger charge is 2.53. The highest BCUT2D eigenvalue weighted by Crippen LogP contribution is 2.31. The molecule has 272 valence electrons. The molecule has 0 radical (unpaired) electrons. The van der Waals surface area contributed by atoms with Crippen LogP contribution in [0.2, 0.25) is 0 Å². The van der Waals surface area contributed by atoms with E-state index in [4.69, 9.17) is 18.9 Å². The van der Waals surface area contributed by atoms with Crippen molar-refractivity contribution in [2.75, 3.05) is 32.8 Å². The molecular formula is C38H51N3O9. The molecule has 0 heterocycles. The minimum Gasteiger partial charge on any atom is -0.480 e. The number of nitrogens with one attached hydrogen (secondary N) is 3. The number of carboxylic acid groups (broad SMARTS) is 1. The third-order valence-electron chi connectivity index (χ3n) is 8.51. The largest absolute Gasteiger partial charge is 0.480 e. The Morgan fingerprint density at radius 3 is 1.50 bits per heavy atom. The number of hydrogen-bond donors (Lipinski definition) is 6. The Bertz CT molecular complexity index is 1390. The first-order valence-corrected chi connectivity index (χ1v) is 17.2. The zero-order valence-electron chi connectivity index (χ0n) is 28.6. The van der Waals surface area contributed by atoms with E-state index in [1.54, 1.807) is 0 Å². The number of carbonyl (C=O) groups excluding carboxylic acids is 1. The normalized spacial score (nSPS) is 22.5. The molecule has 4 rings (SSSR count). The maximum Gasteiger partial charge on any atom is 0.319 e. The molecule has 3 aromatic rings. The fourth-order valence-corrected chi connectivity index (χ4v) is 5.97. The zero-order chi connectivity index (χ0) is 35.6. The molecule has 0 aromatic heterocycles. The Hall–Kier alpha value is -3.72. The van der Waals surface area contributed by atoms with Crippen LogP contribution in [0.15, 0.2) is 91.0 Å². The number of esters is 1. The van der Waals surface area contributed by atoms with Crippen LogP contribution in [0.1, 0.15) is 36.5 Å². The predicted molar refractivity (Wildman–Crippen MR) is 187 cm³/mol. The molecule has 1 unspecified atom stereocenters. The summed E-state index contributed by atoms with van der Waals surface area (Å²) >= 11 is 0. The summed E-state index contributed by atoms with van der Waals surface area (Å²) in [6.07, 6.45) is -1.76. The molecule has 12 heteroatoms. The van der Waals surface area contributed by atoms with E-state index in [1.165, 1.54) is 0 Å². The molecule has 1 aliphatic carbocycles. The summed E-state index contributed by atoms with van der Waals surface area (Å²) in [4.78, 5) is 24.9. The Labute approximate surface area is 294 Å². The molecule has 1 aliphatic rings. The van der Waals surface area contributed by atoms with Crippen LogP contribution in [-0.4, -0.2) is 103 Å². The van der Waals surface area contributed by atoms with Gasteiger partial charge in [-0.25, -0.2) is 0 Å². The summed E-state index contributed by atoms with van der Waals surface area (Å²) < 4.78 is 25.5. The van der Waals surface area contributed by atoms with Crippen LogP contribution in [0.3, 0.4) is 0 Å². The Balaban J connectivity index is 1.76. The smallest absolute Gasteiger partial charge is 0.319 e. The van der Waals surface area contributed by atoms with Gasteiger partial charge in [0.1, 0.15) is 0 Å². The van der Waals surface area contributed by atoms with Gasteiger partial charge in [-0.05, 0) is 23.1 Å². The summed E-state index contributed by atoms with van der Waals surface area (Å²) in [5.74, 6) is -1.51. The number of benzene rings is 3. The lowest BCUT2D eigenvalue weighted by Crippen LogP contribution is -2.75. The second kappa shape index (κ2) is 21.5. The average molecular weight is 694 g/mol. The number of rotatable bonds is 22. The van der Waals surface area contributed by atoms with Gasteiger partial charge in [0.2, 0.25) is 0 Å². The van der Waals surface area contributed by atoms with Gasteiger partial charge < -0.3 is 39.6 Å². The number of aliphatic hydroxyl groups excluding tert-OH is 2. The second-order valence-electron chi connectivity index (χ2n) is 12.3. The molecule has 50 heavy (non-hydrogen) atoms. The zero-order valence-corrected chi connectivity index (χ0v) is 28.6. The van der Waals surface area contributed by atoms with Crippen LogP contribution < -0.4 is 16.0 Å². The number of aliphatic carboxylic acids is 1. The summed E-state index contributed by atoms with van der Waals surface area (Å²) in [5.41, 5.74) is 2.71. The number of aliphatic hydroxyl groups is 2. The molecular weight excluding hydrogens is 642 g/mol. The minimum atomic E-state index is -1.09. The molecule has 6 N–H and O–H groups in total. The summed E-state index contributed by atoms with van der Waals surface area (Å²) in [5, 5.41) is 39.8. The monoisotopic (exact) mass is 693 g/mol. The average Bonchev–Trinajstić information content (AvgIpc) is 3.14. The maximum absolute atomic E-state index is 12.9. The van der Waals surface area contributed by atoms with Gasteiger partial charge in [0.25, 0.3) is 0 Å². The van der Waals surface area contributed by atoms with E-state index in [9.17, 15) is 24.9 Å². The molecule has 0 spiro atoms. The number of hydrogen-bond acceptors (Lipinski definition) is 11. The van der Waals surface area contributed by atoms with Crippen molar-refractivity contribution in [3.8, 4) is 0 Å². The lowest BCUT2D eigenvalue weighted by atomic mass is 9.78. The minimum absolute atomic E-state index is 0.00940. The molecule has 3 aromatic carbocycles. The first kappa shape index (κ1) is 39.1. The summed E-state index contributed by atoms with van der Waals surface area (Å²) in [7, 11) is 0. The van der Waals surface area contributed by atoms with E-state index in [2.05, 4.69) is 16.0 Å². The van der Waals surface area contributed by atoms with E-state index < -0.39 is 67.6 Å². The maximum atomic E-state index is 12.9. The van der Waals surface area contributed by atoms with Crippen LogP contribution in [0.5, 0.6) is 0 Å². The van der Waals surface area contributed by atoms with Crippen molar-refractivity contribution in [2.45, 2.75) is 82.1 Å². The van der Waals surface area contributed by atoms with E-state index in [0.29, 0.717) is 6.61 Å². The molecule has 0 bridgehead atoms. The molecule has 0 amide bonds. The third kappa shape index (κ3) is 12.6. The fraction of sp³-hybridized carbons (Fsp3) is 0.474. The van der Waals surface area contributed by atoms with E-state index >= 15 is 0 Å². The summed E-state index contributed by atoms with van der Waals surface area (Å²) in [6.45, 7) is 1.86. The van der Waals surface area contributed by atoms with E-state index in [0.717, 1.165) is 29.5 Å². The Morgan fingerprint density at radius 1 is 0.680 bits per heavy atom. The predicted octanol–water partition coefficient (Wildman–Crippen LogP) is 2.41. The van der Waals surface area contributed by atoms with Crippen molar-refractivity contribution in [1.82, 2.24) is 16.0 Å². The standard InChI is InChI=1S/C38H51N3O9/c1-2-3-19-47-32(46)22-41-35-37(49-25-28-15-9-5-10-16-28)33(39-20-30(43)23-42)36(48-24-27-13-7-4-8-14-27)34(40-21-31(44)45)38(35)50-26-29-17-11-6-12-18-29/h4-18,30,33-43H,2-3,19-26H2,1H3,(H,44,45)/t30?,33-,34+,35-,36+,37-,38+/m1/s1. The molecule has 12 nitrogen and oxygen atoms in total. The van der Waals surface area contributed by atoms with Crippen LogP contribution in [0, 0.1) is 0 Å². The first-order chi connectivity index (χ1) is 24.4. The molecule has 1 fully saturated rings. The fourth-order valence-electron chi connectivity index (χ4n) is 5.97. The second-order valence-corrected chi connectivity index (χ2v) is 12.3. The lowest BCUT2D eigenvalue weighted by molar-refractivity contribution is -0.167. The van der Waals surface area contributed by atoms with Crippen LogP contribution in [-0.2, 0) is 48.4 Å². The van der Waals surface area contributed by atoms with Gasteiger partial charge in [0.15, 0.2) is 0 Å². The topological polar surface area (TPSA) is 168 Å². The van der Waals surface area contributed by atoms with Gasteiger partial charge in [-0.3, -0.25) is 20.2 Å². The number of carboxylic acids is 1. The quantitative estimate of drug-likeness (QED) is 0.0673. The van der Waals surface area contributed by atoms with Gasteiger partial charge in [0.05, 0.1) is 88.7 Å². The summed E-state index contributed by atoms with van der Waals surface area (Å²) in [6, 6.07) is 26.7. The number of ether oxygens (including phenoxy) is 4. The van der Waals surface area contributed by atoms with Gasteiger partial charge in [-0.1, -0.05) is 104 Å². The van der Waals surface area contributed by atoms with Crippen molar-refractivity contribution in [1.29, 1.82) is 0 Å². The SMILES string of the molecule is CCCCOC(=O)CN[C@H]1[C@@H](OCc2ccccc2)[C@@H](NCC(=O)O)[C@@H](OCc2ccccc2)[C@@H](NCC(O)CO)[C@H]1OCc1ccccc1. The van der Waals surface area contributed by atoms with Crippen molar-refractivity contribution in [3.05, 3.63) is 108 Å². The molecule has 0 aliphatic heterocycles. The number of unbranched alkanes of at least 4 members (excludes halogenated alkanes) is 1. The van der Waals surface area contributed by atoms with Crippen LogP contribution >= 0.6 is 0 Å². The van der Waals surface area contributed by atoms with Gasteiger partial charge in [0, 0.05) is 6.54 Å². The third-order valence-corrected chi connectivity index (χ3v) is 8.51. The van der Waals surface area contributed by atoms with Crippen molar-refractivity contribution >= 4 is 11.9 Å². The van der Waals surface area contributed by atoms with Crippen molar-refractivity contribution in [2.24, 2.45) is 0 Å². The highest BCUT2D eigenvalue weighted by molar-refractivity contribution is 5.71. The van der Waals surface area contributed by atoms with E-state index in [1.807, 2.05) is 97.9 Å². The molecule has 0 saturated heterocycles. The van der Waals surface area contributed by atoms with Crippen molar-refractivity contribution in [3.63, 3.8) is 0 Å². The van der Waals surface area contributed by atoms with Crippen molar-refractivity contribution < 1.29 is 43.9 Å². The van der Waals surface area contributed by atoms with Gasteiger partial charge in [-0.15, -0.1) is 0 Å². The molecule has 1 saturated carbocycles. The highest BCUT2D eigenvalue weighted by atomic mass is 16.5. The van der Waals surface area contributed by atoms with Gasteiger partial charge in [-0.2, -0.15) is 0 Å². The number of carbonyl (C=O) groups is 2. The van der Waals surface area contributed by atoms with Crippen LogP contribution in [0.25, 0.3) is 0 Å². The Kier molecular flexibility index (Phi) is 16.8.